The molecule has 0 spiro atoms. The number of carbonyl (C=O) groups excluding carboxylic acids is 1. The van der Waals surface area contributed by atoms with Crippen molar-refractivity contribution in [1.29, 1.82) is 5.26 Å². The fourth-order valence-corrected chi connectivity index (χ4v) is 3.05. The molecule has 6 nitrogen and oxygen atoms in total. The molecule has 3 aromatic rings. The summed E-state index contributed by atoms with van der Waals surface area (Å²) in [5.41, 5.74) is 1.54. The highest BCUT2D eigenvalue weighted by Crippen LogP contribution is 2.28. The lowest BCUT2D eigenvalue weighted by Gasteiger charge is -2.08. The number of halogens is 1. The maximum absolute atomic E-state index is 11.9. The minimum absolute atomic E-state index is 0.0691. The number of hydrogen-bond acceptors (Lipinski definition) is 6. The first kappa shape index (κ1) is 20.5. The molecule has 0 fully saturated rings. The molecule has 0 bridgehead atoms. The first-order valence-corrected chi connectivity index (χ1v) is 9.59. The number of hydrogen-bond donors (Lipinski definition) is 0. The molecule has 0 saturated carbocycles. The number of ether oxygens (including phenoxy) is 3. The molecule has 0 atom stereocenters. The van der Waals surface area contributed by atoms with Crippen molar-refractivity contribution in [2.75, 3.05) is 20.3 Å². The number of benzene rings is 2. The van der Waals surface area contributed by atoms with Crippen LogP contribution in [0.15, 0.2) is 57.4 Å². The Labute approximate surface area is 176 Å². The summed E-state index contributed by atoms with van der Waals surface area (Å²) in [5, 5.41) is 9.59. The minimum atomic E-state index is -0.451. The second kappa shape index (κ2) is 9.80. The molecular formula is C22H18BrNO5. The van der Waals surface area contributed by atoms with Gasteiger partial charge in [-0.15, -0.1) is 0 Å². The zero-order valence-corrected chi connectivity index (χ0v) is 17.3. The molecule has 3 rings (SSSR count). The average Bonchev–Trinajstić information content (AvgIpc) is 3.12. The standard InChI is InChI=1S/C22H18BrNO5/c1-26-21-12-15(2-5-20(21)27-11-9-24)3-7-22(25)28-10-8-18-14-16-13-17(23)4-6-19(16)29-18/h2-7,12-14H,8,10-11H2,1H3. The normalized spacial score (nSPS) is 10.8. The molecule has 148 valence electrons. The number of rotatable bonds is 8. The third-order valence-corrected chi connectivity index (χ3v) is 4.51. The topological polar surface area (TPSA) is 81.7 Å². The number of esters is 1. The van der Waals surface area contributed by atoms with Crippen molar-refractivity contribution in [2.24, 2.45) is 0 Å². The number of carbonyl (C=O) groups is 1. The number of methoxy groups -OCH3 is 1. The van der Waals surface area contributed by atoms with Gasteiger partial charge < -0.3 is 18.6 Å². The van der Waals surface area contributed by atoms with Crippen LogP contribution in [-0.2, 0) is 16.0 Å². The van der Waals surface area contributed by atoms with Crippen molar-refractivity contribution in [3.63, 3.8) is 0 Å². The Morgan fingerprint density at radius 1 is 1.21 bits per heavy atom. The van der Waals surface area contributed by atoms with E-state index in [4.69, 9.17) is 23.9 Å². The van der Waals surface area contributed by atoms with Crippen LogP contribution in [0.1, 0.15) is 11.3 Å². The van der Waals surface area contributed by atoms with E-state index < -0.39 is 5.97 Å². The average molecular weight is 456 g/mol. The summed E-state index contributed by atoms with van der Waals surface area (Å²) in [5.74, 6) is 1.25. The van der Waals surface area contributed by atoms with Gasteiger partial charge in [-0.25, -0.2) is 4.79 Å². The van der Waals surface area contributed by atoms with E-state index in [2.05, 4.69) is 15.9 Å². The zero-order chi connectivity index (χ0) is 20.6. The van der Waals surface area contributed by atoms with E-state index in [0.29, 0.717) is 17.9 Å². The molecule has 1 heterocycles. The van der Waals surface area contributed by atoms with Crippen molar-refractivity contribution in [1.82, 2.24) is 0 Å². The van der Waals surface area contributed by atoms with E-state index in [9.17, 15) is 4.79 Å². The largest absolute Gasteiger partial charge is 0.493 e. The Bertz CT molecular complexity index is 1080. The summed E-state index contributed by atoms with van der Waals surface area (Å²) in [4.78, 5) is 11.9. The SMILES string of the molecule is COc1cc(C=CC(=O)OCCc2cc3cc(Br)ccc3o2)ccc1OCC#N. The van der Waals surface area contributed by atoms with Gasteiger partial charge in [0.2, 0.25) is 0 Å². The lowest BCUT2D eigenvalue weighted by Crippen LogP contribution is -2.04. The number of fused-ring (bicyclic) bond motifs is 1. The predicted octanol–water partition coefficient (Wildman–Crippen LogP) is 4.91. The lowest BCUT2D eigenvalue weighted by molar-refractivity contribution is -0.137. The maximum Gasteiger partial charge on any atom is 0.330 e. The van der Waals surface area contributed by atoms with Crippen molar-refractivity contribution in [3.05, 3.63) is 64.3 Å². The van der Waals surface area contributed by atoms with Crippen LogP contribution in [0.2, 0.25) is 0 Å². The van der Waals surface area contributed by atoms with Gasteiger partial charge in [0, 0.05) is 22.4 Å². The third kappa shape index (κ3) is 5.62. The molecule has 7 heteroatoms. The molecule has 0 radical (unpaired) electrons. The van der Waals surface area contributed by atoms with E-state index in [1.165, 1.54) is 13.2 Å². The van der Waals surface area contributed by atoms with Gasteiger partial charge in [0.25, 0.3) is 0 Å². The highest BCUT2D eigenvalue weighted by atomic mass is 79.9. The summed E-state index contributed by atoms with van der Waals surface area (Å²) in [6.45, 7) is 0.148. The Hall–Kier alpha value is -3.24. The van der Waals surface area contributed by atoms with Crippen molar-refractivity contribution in [3.8, 4) is 17.6 Å². The fraction of sp³-hybridized carbons (Fsp3) is 0.182. The van der Waals surface area contributed by atoms with Gasteiger partial charge in [-0.1, -0.05) is 22.0 Å². The smallest absolute Gasteiger partial charge is 0.330 e. The molecule has 0 aliphatic carbocycles. The Morgan fingerprint density at radius 2 is 2.07 bits per heavy atom. The molecule has 0 aliphatic rings. The Balaban J connectivity index is 1.53. The van der Waals surface area contributed by atoms with Crippen LogP contribution in [0.3, 0.4) is 0 Å². The lowest BCUT2D eigenvalue weighted by atomic mass is 10.2. The summed E-state index contributed by atoms with van der Waals surface area (Å²) in [7, 11) is 1.51. The van der Waals surface area contributed by atoms with Crippen molar-refractivity contribution < 1.29 is 23.4 Å². The maximum atomic E-state index is 11.9. The van der Waals surface area contributed by atoms with Crippen LogP contribution in [0, 0.1) is 11.3 Å². The quantitative estimate of drug-likeness (QED) is 0.354. The number of nitriles is 1. The molecule has 0 unspecified atom stereocenters. The van der Waals surface area contributed by atoms with Crippen LogP contribution in [-0.4, -0.2) is 26.3 Å². The second-order valence-electron chi connectivity index (χ2n) is 6.00. The van der Waals surface area contributed by atoms with E-state index in [1.54, 1.807) is 24.3 Å². The summed E-state index contributed by atoms with van der Waals surface area (Å²) in [6, 6.07) is 14.8. The first-order chi connectivity index (χ1) is 14.1. The Kier molecular flexibility index (Phi) is 6.93. The van der Waals surface area contributed by atoms with Crippen LogP contribution < -0.4 is 9.47 Å². The van der Waals surface area contributed by atoms with Gasteiger partial charge >= 0.3 is 5.97 Å². The molecule has 0 amide bonds. The van der Waals surface area contributed by atoms with Crippen molar-refractivity contribution >= 4 is 38.9 Å². The molecule has 29 heavy (non-hydrogen) atoms. The van der Waals surface area contributed by atoms with Crippen molar-refractivity contribution in [2.45, 2.75) is 6.42 Å². The van der Waals surface area contributed by atoms with E-state index in [0.717, 1.165) is 26.8 Å². The predicted molar refractivity (Wildman–Crippen MR) is 112 cm³/mol. The van der Waals surface area contributed by atoms with Crippen LogP contribution in [0.25, 0.3) is 17.0 Å². The minimum Gasteiger partial charge on any atom is -0.493 e. The third-order valence-electron chi connectivity index (χ3n) is 4.01. The summed E-state index contributed by atoms with van der Waals surface area (Å²) >= 11 is 3.43. The first-order valence-electron chi connectivity index (χ1n) is 8.79. The molecule has 0 aliphatic heterocycles. The second-order valence-corrected chi connectivity index (χ2v) is 6.92. The monoisotopic (exact) mass is 455 g/mol. The van der Waals surface area contributed by atoms with Gasteiger partial charge in [-0.2, -0.15) is 5.26 Å². The van der Waals surface area contributed by atoms with Gasteiger partial charge in [0.15, 0.2) is 18.1 Å². The molecule has 2 aromatic carbocycles. The van der Waals surface area contributed by atoms with Crippen LogP contribution >= 0.6 is 15.9 Å². The van der Waals surface area contributed by atoms with E-state index >= 15 is 0 Å². The van der Waals surface area contributed by atoms with E-state index in [-0.39, 0.29) is 13.2 Å². The Morgan fingerprint density at radius 3 is 2.86 bits per heavy atom. The number of nitrogens with zero attached hydrogens (tertiary/aromatic N) is 1. The molecular weight excluding hydrogens is 438 g/mol. The number of furan rings is 1. The highest BCUT2D eigenvalue weighted by Gasteiger charge is 2.07. The highest BCUT2D eigenvalue weighted by molar-refractivity contribution is 9.10. The zero-order valence-electron chi connectivity index (χ0n) is 15.7. The van der Waals surface area contributed by atoms with Gasteiger partial charge in [-0.05, 0) is 48.0 Å². The molecule has 0 saturated heterocycles. The van der Waals surface area contributed by atoms with Gasteiger partial charge in [0.1, 0.15) is 17.4 Å². The van der Waals surface area contributed by atoms with Gasteiger partial charge in [-0.3, -0.25) is 0 Å². The van der Waals surface area contributed by atoms with Crippen LogP contribution in [0.4, 0.5) is 0 Å². The molecule has 1 aromatic heterocycles. The van der Waals surface area contributed by atoms with Gasteiger partial charge in [0.05, 0.1) is 13.7 Å². The van der Waals surface area contributed by atoms with Crippen LogP contribution in [0.5, 0.6) is 11.5 Å². The summed E-state index contributed by atoms with van der Waals surface area (Å²) < 4.78 is 22.4. The fourth-order valence-electron chi connectivity index (χ4n) is 2.67. The summed E-state index contributed by atoms with van der Waals surface area (Å²) in [6.07, 6.45) is 3.46. The molecule has 0 N–H and O–H groups in total. The van der Waals surface area contributed by atoms with E-state index in [1.807, 2.05) is 30.3 Å².